The Labute approximate surface area is 221 Å². The Morgan fingerprint density at radius 2 is 1.81 bits per heavy atom. The Bertz CT molecular complexity index is 1250. The van der Waals surface area contributed by atoms with Gasteiger partial charge in [0.15, 0.2) is 0 Å². The number of carbonyl (C=O) groups excluding carboxylic acids is 1. The normalized spacial score (nSPS) is 21.4. The largest absolute Gasteiger partial charge is 0.481 e. The third kappa shape index (κ3) is 5.91. The lowest BCUT2D eigenvalue weighted by atomic mass is 9.71. The number of benzene rings is 2. The molecule has 4 rings (SSSR count). The highest BCUT2D eigenvalue weighted by molar-refractivity contribution is 6.30. The molecule has 1 aliphatic heterocycles. The number of aliphatic carboxylic acids is 1. The summed E-state index contributed by atoms with van der Waals surface area (Å²) in [5, 5.41) is 13.8. The van der Waals surface area contributed by atoms with Crippen LogP contribution in [0.25, 0.3) is 0 Å². The lowest BCUT2D eigenvalue weighted by Crippen LogP contribution is -2.49. The number of carboxylic acids is 1. The van der Waals surface area contributed by atoms with Crippen LogP contribution in [-0.2, 0) is 15.0 Å². The van der Waals surface area contributed by atoms with E-state index in [0.29, 0.717) is 22.9 Å². The standard InChI is InChI=1S/C29H30Cl2N2O3/c1-18-5-3-8-26(32-18)29(2,21-9-11-22(30)12-10-21)14-13-25-24(19-6-4-7-23(31)15-19)16-20(17-27(34)35)28(36)33-25/h3-12,15,20,24-25H,13-14,16-17H2,1-2H3,(H,33,36)(H,34,35)/t20-,24-,25+,29+/m1/s1. The molecular weight excluding hydrogens is 495 g/mol. The second kappa shape index (κ2) is 11.0. The van der Waals surface area contributed by atoms with Crippen LogP contribution >= 0.6 is 23.2 Å². The molecule has 36 heavy (non-hydrogen) atoms. The van der Waals surface area contributed by atoms with Crippen LogP contribution in [-0.4, -0.2) is 28.0 Å². The number of hydrogen-bond donors (Lipinski definition) is 2. The molecule has 1 amide bonds. The number of nitrogens with one attached hydrogen (secondary N) is 1. The molecule has 2 aromatic carbocycles. The predicted molar refractivity (Wildman–Crippen MR) is 143 cm³/mol. The number of carboxylic acid groups (broad SMARTS) is 1. The van der Waals surface area contributed by atoms with Gasteiger partial charge in [0.25, 0.3) is 0 Å². The SMILES string of the molecule is Cc1cccc([C@@](C)(CC[C@@H]2NC(=O)[C@@H](CC(=O)O)C[C@@H]2c2cccc(Cl)c2)c2ccc(Cl)cc2)n1. The van der Waals surface area contributed by atoms with Gasteiger partial charge in [-0.3, -0.25) is 14.6 Å². The highest BCUT2D eigenvalue weighted by Crippen LogP contribution is 2.41. The maximum Gasteiger partial charge on any atom is 0.304 e. The van der Waals surface area contributed by atoms with Crippen LogP contribution in [0.4, 0.5) is 0 Å². The van der Waals surface area contributed by atoms with Crippen molar-refractivity contribution in [3.63, 3.8) is 0 Å². The molecule has 0 saturated carbocycles. The molecule has 0 spiro atoms. The highest BCUT2D eigenvalue weighted by Gasteiger charge is 2.39. The summed E-state index contributed by atoms with van der Waals surface area (Å²) in [5.74, 6) is -1.81. The van der Waals surface area contributed by atoms with Gasteiger partial charge in [0.05, 0.1) is 12.1 Å². The number of carbonyl (C=O) groups is 2. The molecule has 0 unspecified atom stereocenters. The fraction of sp³-hybridized carbons (Fsp3) is 0.345. The van der Waals surface area contributed by atoms with Crippen molar-refractivity contribution in [3.8, 4) is 0 Å². The van der Waals surface area contributed by atoms with Crippen molar-refractivity contribution in [2.45, 2.75) is 56.9 Å². The van der Waals surface area contributed by atoms with Crippen LogP contribution in [0.1, 0.15) is 61.0 Å². The van der Waals surface area contributed by atoms with Gasteiger partial charge >= 0.3 is 5.97 Å². The summed E-state index contributed by atoms with van der Waals surface area (Å²) < 4.78 is 0. The zero-order valence-corrected chi connectivity index (χ0v) is 21.9. The number of aryl methyl sites for hydroxylation is 1. The minimum atomic E-state index is -0.973. The first kappa shape index (κ1) is 26.2. The summed E-state index contributed by atoms with van der Waals surface area (Å²) in [6.07, 6.45) is 1.67. The summed E-state index contributed by atoms with van der Waals surface area (Å²) in [6, 6.07) is 21.3. The van der Waals surface area contributed by atoms with E-state index in [1.807, 2.05) is 73.7 Å². The number of nitrogens with zero attached hydrogens (tertiary/aromatic N) is 1. The van der Waals surface area contributed by atoms with Gasteiger partial charge in [0.2, 0.25) is 5.91 Å². The van der Waals surface area contributed by atoms with E-state index < -0.39 is 17.3 Å². The van der Waals surface area contributed by atoms with Crippen molar-refractivity contribution >= 4 is 35.1 Å². The fourth-order valence-corrected chi connectivity index (χ4v) is 5.60. The molecule has 4 atom stereocenters. The molecule has 5 nitrogen and oxygen atoms in total. The number of rotatable bonds is 8. The van der Waals surface area contributed by atoms with E-state index >= 15 is 0 Å². The van der Waals surface area contributed by atoms with Gasteiger partial charge in [-0.15, -0.1) is 0 Å². The number of piperidine rings is 1. The molecule has 1 aromatic heterocycles. The molecule has 2 heterocycles. The molecule has 188 valence electrons. The molecular formula is C29H30Cl2N2O3. The number of hydrogen-bond acceptors (Lipinski definition) is 3. The van der Waals surface area contributed by atoms with Crippen LogP contribution in [0.3, 0.4) is 0 Å². The zero-order valence-electron chi connectivity index (χ0n) is 20.4. The van der Waals surface area contributed by atoms with Crippen molar-refractivity contribution in [2.75, 3.05) is 0 Å². The zero-order chi connectivity index (χ0) is 25.9. The summed E-state index contributed by atoms with van der Waals surface area (Å²) in [6.45, 7) is 4.15. The summed E-state index contributed by atoms with van der Waals surface area (Å²) in [7, 11) is 0. The van der Waals surface area contributed by atoms with Gasteiger partial charge in [-0.1, -0.05) is 53.5 Å². The van der Waals surface area contributed by atoms with Gasteiger partial charge in [0, 0.05) is 39.0 Å². The van der Waals surface area contributed by atoms with E-state index in [-0.39, 0.29) is 24.3 Å². The Morgan fingerprint density at radius 3 is 2.47 bits per heavy atom. The molecule has 0 radical (unpaired) electrons. The molecule has 0 bridgehead atoms. The van der Waals surface area contributed by atoms with E-state index in [2.05, 4.69) is 12.2 Å². The van der Waals surface area contributed by atoms with E-state index in [1.54, 1.807) is 0 Å². The number of halogens is 2. The predicted octanol–water partition coefficient (Wildman–Crippen LogP) is 6.55. The van der Waals surface area contributed by atoms with Crippen molar-refractivity contribution in [3.05, 3.63) is 99.3 Å². The maximum atomic E-state index is 12.9. The summed E-state index contributed by atoms with van der Waals surface area (Å²) >= 11 is 12.5. The Hall–Kier alpha value is -2.89. The Kier molecular flexibility index (Phi) is 8.01. The first-order valence-corrected chi connectivity index (χ1v) is 12.9. The van der Waals surface area contributed by atoms with Gasteiger partial charge in [-0.25, -0.2) is 0 Å². The minimum absolute atomic E-state index is 0.0503. The number of amides is 1. The van der Waals surface area contributed by atoms with Crippen molar-refractivity contribution < 1.29 is 14.7 Å². The fourth-order valence-electron chi connectivity index (χ4n) is 5.28. The first-order valence-electron chi connectivity index (χ1n) is 12.1. The van der Waals surface area contributed by atoms with Gasteiger partial charge in [-0.05, 0) is 80.6 Å². The van der Waals surface area contributed by atoms with Crippen LogP contribution < -0.4 is 5.32 Å². The molecule has 7 heteroatoms. The van der Waals surface area contributed by atoms with Crippen molar-refractivity contribution in [2.24, 2.45) is 5.92 Å². The molecule has 2 N–H and O–H groups in total. The summed E-state index contributed by atoms with van der Waals surface area (Å²) in [4.78, 5) is 29.2. The molecule has 1 aliphatic rings. The van der Waals surface area contributed by atoms with Crippen molar-refractivity contribution in [1.82, 2.24) is 10.3 Å². The third-order valence-electron chi connectivity index (χ3n) is 7.31. The average Bonchev–Trinajstić information content (AvgIpc) is 2.84. The maximum absolute atomic E-state index is 12.9. The number of pyridine rings is 1. The Morgan fingerprint density at radius 1 is 1.08 bits per heavy atom. The topological polar surface area (TPSA) is 79.3 Å². The van der Waals surface area contributed by atoms with E-state index in [9.17, 15) is 14.7 Å². The van der Waals surface area contributed by atoms with Crippen LogP contribution in [0.5, 0.6) is 0 Å². The van der Waals surface area contributed by atoms with Crippen LogP contribution in [0.15, 0.2) is 66.7 Å². The van der Waals surface area contributed by atoms with E-state index in [0.717, 1.165) is 28.9 Å². The number of aromatic nitrogens is 1. The molecule has 0 aliphatic carbocycles. The van der Waals surface area contributed by atoms with Gasteiger partial charge < -0.3 is 10.4 Å². The second-order valence-corrected chi connectivity index (χ2v) is 10.7. The van der Waals surface area contributed by atoms with E-state index in [1.165, 1.54) is 0 Å². The summed E-state index contributed by atoms with van der Waals surface area (Å²) in [5.41, 5.74) is 3.57. The van der Waals surface area contributed by atoms with Gasteiger partial charge in [0.1, 0.15) is 0 Å². The van der Waals surface area contributed by atoms with Crippen molar-refractivity contribution in [1.29, 1.82) is 0 Å². The van der Waals surface area contributed by atoms with Crippen LogP contribution in [0.2, 0.25) is 10.0 Å². The smallest absolute Gasteiger partial charge is 0.304 e. The first-order chi connectivity index (χ1) is 17.2. The monoisotopic (exact) mass is 524 g/mol. The quantitative estimate of drug-likeness (QED) is 0.350. The van der Waals surface area contributed by atoms with Crippen LogP contribution in [0, 0.1) is 12.8 Å². The second-order valence-electron chi connectivity index (χ2n) is 9.85. The molecule has 1 saturated heterocycles. The highest BCUT2D eigenvalue weighted by atomic mass is 35.5. The lowest BCUT2D eigenvalue weighted by Gasteiger charge is -2.39. The minimum Gasteiger partial charge on any atom is -0.481 e. The van der Waals surface area contributed by atoms with Gasteiger partial charge in [-0.2, -0.15) is 0 Å². The average molecular weight is 525 g/mol. The lowest BCUT2D eigenvalue weighted by molar-refractivity contribution is -0.142. The molecule has 1 fully saturated rings. The Balaban J connectivity index is 1.67. The third-order valence-corrected chi connectivity index (χ3v) is 7.80. The van der Waals surface area contributed by atoms with E-state index in [4.69, 9.17) is 28.2 Å². The molecule has 3 aromatic rings.